The lowest BCUT2D eigenvalue weighted by Gasteiger charge is -2.44. The van der Waals surface area contributed by atoms with Gasteiger partial charge in [0.15, 0.2) is 0 Å². The number of rotatable bonds is 4. The smallest absolute Gasteiger partial charge is 0.139 e. The minimum atomic E-state index is 0.737. The molecule has 4 heterocycles. The predicted octanol–water partition coefficient (Wildman–Crippen LogP) is 4.00. The summed E-state index contributed by atoms with van der Waals surface area (Å²) in [5.41, 5.74) is 2.23. The van der Waals surface area contributed by atoms with Gasteiger partial charge in [-0.1, -0.05) is 18.6 Å². The molecule has 0 radical (unpaired) electrons. The molecule has 0 spiro atoms. The van der Waals surface area contributed by atoms with Crippen LogP contribution in [-0.2, 0) is 6.54 Å². The molecule has 2 saturated heterocycles. The monoisotopic (exact) mass is 361 g/mol. The predicted molar refractivity (Wildman–Crippen MR) is 107 cm³/mol. The molecule has 0 unspecified atom stereocenters. The Labute approximate surface area is 160 Å². The lowest BCUT2D eigenvalue weighted by atomic mass is 9.83. The summed E-state index contributed by atoms with van der Waals surface area (Å²) in [6.45, 7) is 3.66. The van der Waals surface area contributed by atoms with Crippen molar-refractivity contribution in [1.29, 1.82) is 0 Å². The Bertz CT molecular complexity index is 880. The molecule has 5 rings (SSSR count). The van der Waals surface area contributed by atoms with E-state index in [2.05, 4.69) is 45.0 Å². The van der Waals surface area contributed by atoms with E-state index in [1.807, 2.05) is 29.3 Å². The summed E-state index contributed by atoms with van der Waals surface area (Å²) >= 11 is 0. The third-order valence-electron chi connectivity index (χ3n) is 6.25. The SMILES string of the molecule is c1cc(-c2nccn2C[C@@H]2CCCN3CCCC[C@H]23)cc(-n2cccn2)c1. The molecule has 140 valence electrons. The van der Waals surface area contributed by atoms with Crippen LogP contribution in [0.3, 0.4) is 0 Å². The van der Waals surface area contributed by atoms with E-state index >= 15 is 0 Å². The first-order chi connectivity index (χ1) is 13.4. The van der Waals surface area contributed by atoms with E-state index in [0.717, 1.165) is 35.6 Å². The lowest BCUT2D eigenvalue weighted by Crippen LogP contribution is -2.49. The number of hydrogen-bond donors (Lipinski definition) is 0. The summed E-state index contributed by atoms with van der Waals surface area (Å²) < 4.78 is 4.27. The Kier molecular flexibility index (Phi) is 4.54. The molecule has 2 aliphatic heterocycles. The Morgan fingerprint density at radius 2 is 1.93 bits per heavy atom. The van der Waals surface area contributed by atoms with E-state index < -0.39 is 0 Å². The molecule has 1 aromatic carbocycles. The van der Waals surface area contributed by atoms with Crippen molar-refractivity contribution < 1.29 is 0 Å². The molecule has 0 aliphatic carbocycles. The van der Waals surface area contributed by atoms with E-state index in [1.165, 1.54) is 45.2 Å². The summed E-state index contributed by atoms with van der Waals surface area (Å²) in [4.78, 5) is 7.44. The normalized spacial score (nSPS) is 23.3. The molecule has 0 N–H and O–H groups in total. The molecule has 2 aromatic heterocycles. The fourth-order valence-corrected chi connectivity index (χ4v) is 4.97. The summed E-state index contributed by atoms with van der Waals surface area (Å²) in [7, 11) is 0. The molecular weight excluding hydrogens is 334 g/mol. The number of piperidine rings is 2. The molecule has 0 amide bonds. The number of hydrogen-bond acceptors (Lipinski definition) is 3. The van der Waals surface area contributed by atoms with E-state index in [4.69, 9.17) is 4.98 Å². The maximum absolute atomic E-state index is 4.70. The van der Waals surface area contributed by atoms with E-state index in [1.54, 1.807) is 0 Å². The average molecular weight is 361 g/mol. The second-order valence-electron chi connectivity index (χ2n) is 7.91. The van der Waals surface area contributed by atoms with Gasteiger partial charge in [-0.15, -0.1) is 0 Å². The van der Waals surface area contributed by atoms with Crippen LogP contribution in [0.5, 0.6) is 0 Å². The lowest BCUT2D eigenvalue weighted by molar-refractivity contribution is 0.0521. The third-order valence-corrected chi connectivity index (χ3v) is 6.25. The van der Waals surface area contributed by atoms with Crippen LogP contribution >= 0.6 is 0 Å². The van der Waals surface area contributed by atoms with Crippen molar-refractivity contribution in [2.45, 2.75) is 44.7 Å². The zero-order valence-electron chi connectivity index (χ0n) is 15.7. The molecule has 0 bridgehead atoms. The molecule has 2 fully saturated rings. The number of imidazole rings is 1. The third kappa shape index (κ3) is 3.32. The van der Waals surface area contributed by atoms with Gasteiger partial charge in [-0.2, -0.15) is 5.10 Å². The van der Waals surface area contributed by atoms with Gasteiger partial charge in [-0.25, -0.2) is 9.67 Å². The van der Waals surface area contributed by atoms with Crippen LogP contribution in [0.4, 0.5) is 0 Å². The molecular formula is C22H27N5. The van der Waals surface area contributed by atoms with Gasteiger partial charge in [-0.3, -0.25) is 0 Å². The zero-order valence-corrected chi connectivity index (χ0v) is 15.7. The standard InChI is InChI=1S/C22H27N5/c1-2-12-25-13-4-7-19(21(25)9-1)17-26-15-11-23-22(26)18-6-3-8-20(16-18)27-14-5-10-24-27/h3,5-6,8,10-11,14-16,19,21H,1-2,4,7,9,12-13,17H2/t19-,21+/m0/s1. The molecule has 5 nitrogen and oxygen atoms in total. The Hall–Kier alpha value is -2.40. The minimum absolute atomic E-state index is 0.737. The van der Waals surface area contributed by atoms with E-state index in [-0.39, 0.29) is 0 Å². The van der Waals surface area contributed by atoms with Crippen LogP contribution in [0.1, 0.15) is 32.1 Å². The Balaban J connectivity index is 1.40. The zero-order chi connectivity index (χ0) is 18.1. The summed E-state index contributed by atoms with van der Waals surface area (Å²) in [5, 5.41) is 4.35. The van der Waals surface area contributed by atoms with Crippen molar-refractivity contribution in [2.24, 2.45) is 5.92 Å². The average Bonchev–Trinajstić information content (AvgIpc) is 3.41. The molecule has 3 aromatic rings. The fourth-order valence-electron chi connectivity index (χ4n) is 4.97. The van der Waals surface area contributed by atoms with Crippen molar-refractivity contribution in [3.8, 4) is 17.1 Å². The summed E-state index contributed by atoms with van der Waals surface area (Å²) in [6, 6.07) is 11.2. The van der Waals surface area contributed by atoms with Gasteiger partial charge < -0.3 is 9.47 Å². The van der Waals surface area contributed by atoms with Crippen molar-refractivity contribution in [3.63, 3.8) is 0 Å². The maximum atomic E-state index is 4.70. The van der Waals surface area contributed by atoms with Crippen LogP contribution in [-0.4, -0.2) is 43.4 Å². The van der Waals surface area contributed by atoms with Crippen LogP contribution in [0.25, 0.3) is 17.1 Å². The van der Waals surface area contributed by atoms with Crippen LogP contribution in [0, 0.1) is 5.92 Å². The maximum Gasteiger partial charge on any atom is 0.139 e. The highest BCUT2D eigenvalue weighted by atomic mass is 15.3. The van der Waals surface area contributed by atoms with Crippen molar-refractivity contribution in [3.05, 3.63) is 55.1 Å². The summed E-state index contributed by atoms with van der Waals surface area (Å²) in [5.74, 6) is 1.80. The topological polar surface area (TPSA) is 38.9 Å². The van der Waals surface area contributed by atoms with E-state index in [0.29, 0.717) is 0 Å². The molecule has 2 atom stereocenters. The number of nitrogens with zero attached hydrogens (tertiary/aromatic N) is 5. The van der Waals surface area contributed by atoms with Gasteiger partial charge in [0.05, 0.1) is 5.69 Å². The van der Waals surface area contributed by atoms with Gasteiger partial charge in [0.2, 0.25) is 0 Å². The first kappa shape index (κ1) is 16.8. The van der Waals surface area contributed by atoms with Gasteiger partial charge in [0, 0.05) is 42.9 Å². The number of fused-ring (bicyclic) bond motifs is 1. The van der Waals surface area contributed by atoms with Gasteiger partial charge in [0.25, 0.3) is 0 Å². The highest BCUT2D eigenvalue weighted by Crippen LogP contribution is 2.33. The van der Waals surface area contributed by atoms with Crippen LogP contribution in [0.15, 0.2) is 55.1 Å². The minimum Gasteiger partial charge on any atom is -0.331 e. The van der Waals surface area contributed by atoms with Crippen molar-refractivity contribution in [1.82, 2.24) is 24.2 Å². The largest absolute Gasteiger partial charge is 0.331 e. The van der Waals surface area contributed by atoms with Crippen LogP contribution in [0.2, 0.25) is 0 Å². The fraction of sp³-hybridized carbons (Fsp3) is 0.455. The number of aromatic nitrogens is 4. The van der Waals surface area contributed by atoms with Crippen LogP contribution < -0.4 is 0 Å². The second-order valence-corrected chi connectivity index (χ2v) is 7.91. The first-order valence-corrected chi connectivity index (χ1v) is 10.2. The van der Waals surface area contributed by atoms with Gasteiger partial charge in [-0.05, 0) is 62.9 Å². The van der Waals surface area contributed by atoms with Gasteiger partial charge >= 0.3 is 0 Å². The quantitative estimate of drug-likeness (QED) is 0.705. The van der Waals surface area contributed by atoms with E-state index in [9.17, 15) is 0 Å². The van der Waals surface area contributed by atoms with Crippen molar-refractivity contribution in [2.75, 3.05) is 13.1 Å². The van der Waals surface area contributed by atoms with Gasteiger partial charge in [0.1, 0.15) is 5.82 Å². The highest BCUT2D eigenvalue weighted by molar-refractivity contribution is 5.59. The Morgan fingerprint density at radius 3 is 2.85 bits per heavy atom. The summed E-state index contributed by atoms with van der Waals surface area (Å²) in [6.07, 6.45) is 14.7. The molecule has 2 aliphatic rings. The molecule has 27 heavy (non-hydrogen) atoms. The Morgan fingerprint density at radius 1 is 0.963 bits per heavy atom. The number of benzene rings is 1. The first-order valence-electron chi connectivity index (χ1n) is 10.2. The van der Waals surface area contributed by atoms with Crippen molar-refractivity contribution >= 4 is 0 Å². The molecule has 5 heteroatoms. The highest BCUT2D eigenvalue weighted by Gasteiger charge is 2.33. The second kappa shape index (κ2) is 7.31. The molecule has 0 saturated carbocycles.